The number of aromatic nitrogens is 1. The Kier molecular flexibility index (Phi) is 7.69. The van der Waals surface area contributed by atoms with Crippen LogP contribution in [0.4, 0.5) is 11.4 Å². The van der Waals surface area contributed by atoms with Crippen LogP contribution in [-0.2, 0) is 14.4 Å². The number of H-pyrrole nitrogens is 1. The molecule has 214 valence electrons. The van der Waals surface area contributed by atoms with E-state index in [1.54, 1.807) is 55.6 Å². The normalized spacial score (nSPS) is 19.3. The number of aromatic amines is 1. The number of rotatable bonds is 7. The van der Waals surface area contributed by atoms with Crippen LogP contribution in [0, 0.1) is 12.8 Å². The second-order valence-corrected chi connectivity index (χ2v) is 12.9. The summed E-state index contributed by atoms with van der Waals surface area (Å²) in [4.78, 5) is 57.5. The first kappa shape index (κ1) is 28.3. The summed E-state index contributed by atoms with van der Waals surface area (Å²) in [5.74, 6) is -1.46. The minimum atomic E-state index is -0.785. The first-order valence-electron chi connectivity index (χ1n) is 12.9. The monoisotopic (exact) mass is 665 g/mol. The van der Waals surface area contributed by atoms with E-state index < -0.39 is 17.1 Å². The molecule has 0 saturated carbocycles. The quantitative estimate of drug-likeness (QED) is 0.256. The number of thiazole rings is 1. The molecule has 2 N–H and O–H groups in total. The number of methoxy groups -OCH3 is 1. The molecule has 1 aromatic heterocycles. The van der Waals surface area contributed by atoms with Gasteiger partial charge in [0.1, 0.15) is 16.7 Å². The molecule has 3 unspecified atom stereocenters. The average Bonchev–Trinajstić information content (AvgIpc) is 3.47. The predicted molar refractivity (Wildman–Crippen MR) is 165 cm³/mol. The molecule has 4 aromatic rings. The van der Waals surface area contributed by atoms with Crippen molar-refractivity contribution in [3.05, 3.63) is 96.9 Å². The van der Waals surface area contributed by atoms with E-state index in [0.717, 1.165) is 21.4 Å². The van der Waals surface area contributed by atoms with Gasteiger partial charge in [-0.3, -0.25) is 19.2 Å². The Hall–Kier alpha value is -3.87. The number of thioether (sulfide) groups is 1. The van der Waals surface area contributed by atoms with Crippen molar-refractivity contribution in [3.63, 3.8) is 0 Å². The number of carbonyl (C=O) groups excluding carboxylic acids is 3. The Morgan fingerprint density at radius 2 is 1.76 bits per heavy atom. The lowest BCUT2D eigenvalue weighted by molar-refractivity contribution is -0.122. The third-order valence-corrected chi connectivity index (χ3v) is 10.0. The Morgan fingerprint density at radius 3 is 2.48 bits per heavy atom. The van der Waals surface area contributed by atoms with E-state index in [1.807, 2.05) is 25.1 Å². The van der Waals surface area contributed by atoms with Crippen LogP contribution in [-0.4, -0.2) is 41.7 Å². The van der Waals surface area contributed by atoms with Gasteiger partial charge >= 0.3 is 4.87 Å². The van der Waals surface area contributed by atoms with Crippen LogP contribution in [0.2, 0.25) is 0 Å². The van der Waals surface area contributed by atoms with Gasteiger partial charge in [-0.1, -0.05) is 56.7 Å². The molecule has 1 fully saturated rings. The molecule has 0 bridgehead atoms. The standard InChI is InChI=1S/C30H24BrN3O6S2/c1-15-3-8-18(9-4-15)34-28(36)24-23(25-27(33-30(38)42-25)41-26(24)29(34)37)20-13-16(31)5-12-21(20)40-14-22(35)32-17-6-10-19(39-2)11-7-17/h3-13,23-24,26H,14H2,1-2H3,(H,32,35)(H,33,38). The summed E-state index contributed by atoms with van der Waals surface area (Å²) in [6.07, 6.45) is 0. The SMILES string of the molecule is COc1ccc(NC(=O)COc2ccc(Br)cc2C2c3sc(=O)[nH]c3SC3C(=O)N(c4ccc(C)cc4)C(=O)C32)cc1. The van der Waals surface area contributed by atoms with Crippen molar-refractivity contribution < 1.29 is 23.9 Å². The number of amides is 3. The molecule has 0 radical (unpaired) electrons. The molecular formula is C30H24BrN3O6S2. The fourth-order valence-corrected chi connectivity index (χ4v) is 8.09. The minimum Gasteiger partial charge on any atom is -0.497 e. The highest BCUT2D eigenvalue weighted by Gasteiger charge is 2.56. The van der Waals surface area contributed by atoms with Crippen LogP contribution < -0.4 is 24.6 Å². The highest BCUT2D eigenvalue weighted by Crippen LogP contribution is 2.54. The number of aryl methyl sites for hydroxylation is 1. The maximum Gasteiger partial charge on any atom is 0.305 e. The summed E-state index contributed by atoms with van der Waals surface area (Å²) in [5, 5.41) is 2.61. The maximum atomic E-state index is 14.0. The fraction of sp³-hybridized carbons (Fsp3) is 0.200. The van der Waals surface area contributed by atoms with Gasteiger partial charge in [0.05, 0.1) is 23.7 Å². The van der Waals surface area contributed by atoms with E-state index in [9.17, 15) is 19.2 Å². The van der Waals surface area contributed by atoms with E-state index in [-0.39, 0.29) is 29.2 Å². The highest BCUT2D eigenvalue weighted by atomic mass is 79.9. The number of imide groups is 1. The molecule has 2 aliphatic rings. The molecule has 3 heterocycles. The third-order valence-electron chi connectivity index (χ3n) is 7.16. The fourth-order valence-electron chi connectivity index (χ4n) is 5.21. The van der Waals surface area contributed by atoms with Gasteiger partial charge in [0.25, 0.3) is 5.91 Å². The molecule has 42 heavy (non-hydrogen) atoms. The second-order valence-electron chi connectivity index (χ2n) is 9.84. The zero-order chi connectivity index (χ0) is 29.5. The average molecular weight is 667 g/mol. The first-order chi connectivity index (χ1) is 20.2. The van der Waals surface area contributed by atoms with Gasteiger partial charge in [0, 0.05) is 26.5 Å². The van der Waals surface area contributed by atoms with Gasteiger partial charge < -0.3 is 19.8 Å². The number of halogens is 1. The van der Waals surface area contributed by atoms with Gasteiger partial charge in [-0.2, -0.15) is 0 Å². The molecule has 3 aromatic carbocycles. The van der Waals surface area contributed by atoms with Crippen LogP contribution in [0.3, 0.4) is 0 Å². The van der Waals surface area contributed by atoms with Gasteiger partial charge in [0.2, 0.25) is 11.8 Å². The van der Waals surface area contributed by atoms with Crippen molar-refractivity contribution in [2.24, 2.45) is 5.92 Å². The number of anilines is 2. The summed E-state index contributed by atoms with van der Waals surface area (Å²) in [5.41, 5.74) is 2.69. The molecule has 9 nitrogen and oxygen atoms in total. The van der Waals surface area contributed by atoms with E-state index in [1.165, 1.54) is 16.7 Å². The number of ether oxygens (including phenoxy) is 2. The summed E-state index contributed by atoms with van der Waals surface area (Å²) < 4.78 is 11.9. The Morgan fingerprint density at radius 1 is 1.02 bits per heavy atom. The van der Waals surface area contributed by atoms with Crippen molar-refractivity contribution in [1.29, 1.82) is 0 Å². The van der Waals surface area contributed by atoms with Crippen molar-refractivity contribution >= 4 is 68.1 Å². The largest absolute Gasteiger partial charge is 0.497 e. The summed E-state index contributed by atoms with van der Waals surface area (Å²) >= 11 is 5.74. The zero-order valence-corrected chi connectivity index (χ0v) is 25.6. The van der Waals surface area contributed by atoms with Crippen LogP contribution >= 0.6 is 39.0 Å². The minimum absolute atomic E-state index is 0.274. The summed E-state index contributed by atoms with van der Waals surface area (Å²) in [7, 11) is 1.56. The van der Waals surface area contributed by atoms with Crippen molar-refractivity contribution in [1.82, 2.24) is 4.98 Å². The van der Waals surface area contributed by atoms with Crippen molar-refractivity contribution in [2.75, 3.05) is 23.9 Å². The molecular weight excluding hydrogens is 642 g/mol. The molecule has 0 aliphatic carbocycles. The predicted octanol–water partition coefficient (Wildman–Crippen LogP) is 5.33. The van der Waals surface area contributed by atoms with Crippen molar-refractivity contribution in [3.8, 4) is 11.5 Å². The number of fused-ring (bicyclic) bond motifs is 2. The lowest BCUT2D eigenvalue weighted by Gasteiger charge is -2.31. The Labute approximate surface area is 257 Å². The molecule has 3 amide bonds. The van der Waals surface area contributed by atoms with Gasteiger partial charge in [-0.05, 0) is 61.5 Å². The van der Waals surface area contributed by atoms with Crippen LogP contribution in [0.25, 0.3) is 0 Å². The topological polar surface area (TPSA) is 118 Å². The second kappa shape index (κ2) is 11.4. The van der Waals surface area contributed by atoms with Crippen LogP contribution in [0.5, 0.6) is 11.5 Å². The number of nitrogens with zero attached hydrogens (tertiary/aromatic N) is 1. The molecule has 0 spiro atoms. The number of nitrogens with one attached hydrogen (secondary N) is 2. The number of carbonyl (C=O) groups is 3. The number of hydrogen-bond acceptors (Lipinski definition) is 8. The maximum absolute atomic E-state index is 14.0. The van der Waals surface area contributed by atoms with E-state index in [4.69, 9.17) is 9.47 Å². The van der Waals surface area contributed by atoms with Gasteiger partial charge in [-0.25, -0.2) is 4.90 Å². The molecule has 3 atom stereocenters. The number of benzene rings is 3. The molecule has 12 heteroatoms. The zero-order valence-electron chi connectivity index (χ0n) is 22.4. The van der Waals surface area contributed by atoms with Gasteiger partial charge in [-0.15, -0.1) is 0 Å². The smallest absolute Gasteiger partial charge is 0.305 e. The lowest BCUT2D eigenvalue weighted by atomic mass is 9.82. The first-order valence-corrected chi connectivity index (χ1v) is 15.4. The lowest BCUT2D eigenvalue weighted by Crippen LogP contribution is -2.32. The molecule has 6 rings (SSSR count). The summed E-state index contributed by atoms with van der Waals surface area (Å²) in [6.45, 7) is 1.64. The van der Waals surface area contributed by atoms with E-state index in [2.05, 4.69) is 26.2 Å². The number of hydrogen-bond donors (Lipinski definition) is 2. The van der Waals surface area contributed by atoms with Crippen LogP contribution in [0.15, 0.2) is 81.0 Å². The van der Waals surface area contributed by atoms with E-state index >= 15 is 0 Å². The molecule has 2 aliphatic heterocycles. The third kappa shape index (κ3) is 5.25. The van der Waals surface area contributed by atoms with Crippen molar-refractivity contribution in [2.45, 2.75) is 23.1 Å². The molecule has 1 saturated heterocycles. The van der Waals surface area contributed by atoms with Crippen LogP contribution in [0.1, 0.15) is 21.9 Å². The Balaban J connectivity index is 1.34. The van der Waals surface area contributed by atoms with Gasteiger partial charge in [0.15, 0.2) is 6.61 Å². The Bertz CT molecular complexity index is 1750. The highest BCUT2D eigenvalue weighted by molar-refractivity contribution is 9.10. The summed E-state index contributed by atoms with van der Waals surface area (Å²) in [6, 6.07) is 19.4. The van der Waals surface area contributed by atoms with E-state index in [0.29, 0.717) is 38.3 Å².